The van der Waals surface area contributed by atoms with Crippen LogP contribution in [-0.2, 0) is 18.3 Å². The molecule has 0 saturated carbocycles. The third kappa shape index (κ3) is 4.97. The first kappa shape index (κ1) is 25.4. The lowest BCUT2D eigenvalue weighted by molar-refractivity contribution is 0.0500. The number of nitrogens with one attached hydrogen (secondary N) is 1. The largest absolute Gasteiger partial charge is 0.480 e. The van der Waals surface area contributed by atoms with Crippen molar-refractivity contribution in [2.45, 2.75) is 51.8 Å². The van der Waals surface area contributed by atoms with Crippen LogP contribution in [0.25, 0.3) is 11.0 Å². The van der Waals surface area contributed by atoms with E-state index in [2.05, 4.69) is 16.4 Å². The second-order valence-corrected chi connectivity index (χ2v) is 10.3. The molecule has 0 aliphatic carbocycles. The minimum atomic E-state index is -0.623. The van der Waals surface area contributed by atoms with Crippen molar-refractivity contribution < 1.29 is 14.6 Å². The minimum absolute atomic E-state index is 0.127. The Balaban J connectivity index is 1.82. The van der Waals surface area contributed by atoms with Gasteiger partial charge >= 0.3 is 6.09 Å². The van der Waals surface area contributed by atoms with Gasteiger partial charge < -0.3 is 24.6 Å². The van der Waals surface area contributed by atoms with E-state index in [-0.39, 0.29) is 29.2 Å². The molecule has 1 aromatic carbocycles. The van der Waals surface area contributed by atoms with Crippen molar-refractivity contribution in [1.82, 2.24) is 19.4 Å². The molecule has 1 fully saturated rings. The predicted octanol–water partition coefficient (Wildman–Crippen LogP) is 3.51. The highest BCUT2D eigenvalue weighted by Gasteiger charge is 2.31. The van der Waals surface area contributed by atoms with Crippen molar-refractivity contribution in [1.29, 1.82) is 5.26 Å². The smallest absolute Gasteiger partial charge is 0.407 e. The van der Waals surface area contributed by atoms with Gasteiger partial charge in [-0.15, -0.1) is 0 Å². The lowest BCUT2D eigenvalue weighted by Crippen LogP contribution is -2.49. The molecule has 0 radical (unpaired) electrons. The van der Waals surface area contributed by atoms with Gasteiger partial charge in [0.05, 0.1) is 6.54 Å². The van der Waals surface area contributed by atoms with Crippen molar-refractivity contribution in [3.8, 4) is 12.1 Å². The Kier molecular flexibility index (Phi) is 6.87. The Morgan fingerprint density at radius 3 is 2.75 bits per heavy atom. The fourth-order valence-corrected chi connectivity index (χ4v) is 4.68. The third-order valence-electron chi connectivity index (χ3n) is 6.07. The summed E-state index contributed by atoms with van der Waals surface area (Å²) >= 11 is 6.44. The van der Waals surface area contributed by atoms with Gasteiger partial charge in [-0.2, -0.15) is 10.2 Å². The molecule has 0 bridgehead atoms. The number of ether oxygens (including phenoxy) is 1. The van der Waals surface area contributed by atoms with E-state index in [4.69, 9.17) is 16.3 Å². The summed E-state index contributed by atoms with van der Waals surface area (Å²) in [5.74, 6) is 0.498. The molecule has 1 aliphatic rings. The number of aromatic nitrogens is 3. The molecular weight excluding hydrogens is 484 g/mol. The van der Waals surface area contributed by atoms with Gasteiger partial charge in [0.25, 0.3) is 11.6 Å². The molecule has 11 heteroatoms. The lowest BCUT2D eigenvalue weighted by atomic mass is 10.1. The van der Waals surface area contributed by atoms with Crippen LogP contribution >= 0.6 is 11.6 Å². The number of carbonyl (C=O) groups excluding carboxylic acids is 1. The van der Waals surface area contributed by atoms with E-state index in [9.17, 15) is 20.0 Å². The molecule has 3 heterocycles. The number of alkyl carbamates (subject to hydrolysis) is 1. The molecular formula is C25H29ClN6O4. The molecule has 1 amide bonds. The van der Waals surface area contributed by atoms with Gasteiger partial charge in [-0.3, -0.25) is 9.36 Å². The van der Waals surface area contributed by atoms with Crippen molar-refractivity contribution in [2.24, 2.45) is 7.05 Å². The number of aromatic hydroxyl groups is 1. The molecule has 3 aromatic rings. The summed E-state index contributed by atoms with van der Waals surface area (Å²) in [6.07, 6.45) is 0.977. The van der Waals surface area contributed by atoms with Gasteiger partial charge in [0, 0.05) is 31.2 Å². The number of amides is 1. The second kappa shape index (κ2) is 9.74. The highest BCUT2D eigenvalue weighted by atomic mass is 35.5. The monoisotopic (exact) mass is 512 g/mol. The Morgan fingerprint density at radius 2 is 2.08 bits per heavy atom. The molecule has 190 valence electrons. The molecule has 0 spiro atoms. The van der Waals surface area contributed by atoms with Gasteiger partial charge in [-0.05, 0) is 45.2 Å². The summed E-state index contributed by atoms with van der Waals surface area (Å²) in [4.78, 5) is 31.8. The van der Waals surface area contributed by atoms with Crippen LogP contribution in [-0.4, -0.2) is 50.1 Å². The van der Waals surface area contributed by atoms with Crippen LogP contribution in [0.2, 0.25) is 5.02 Å². The average Bonchev–Trinajstić information content (AvgIpc) is 3.10. The van der Waals surface area contributed by atoms with Crippen molar-refractivity contribution in [3.63, 3.8) is 0 Å². The number of nitrogens with zero attached hydrogens (tertiary/aromatic N) is 5. The van der Waals surface area contributed by atoms with E-state index < -0.39 is 23.3 Å². The van der Waals surface area contributed by atoms with Crippen molar-refractivity contribution >= 4 is 34.5 Å². The Labute approximate surface area is 213 Å². The highest BCUT2D eigenvalue weighted by molar-refractivity contribution is 6.31. The van der Waals surface area contributed by atoms with Gasteiger partial charge in [-0.1, -0.05) is 29.8 Å². The van der Waals surface area contributed by atoms with Gasteiger partial charge in [0.2, 0.25) is 0 Å². The van der Waals surface area contributed by atoms with Gasteiger partial charge in [0.1, 0.15) is 34.1 Å². The van der Waals surface area contributed by atoms with E-state index >= 15 is 0 Å². The number of benzene rings is 1. The summed E-state index contributed by atoms with van der Waals surface area (Å²) < 4.78 is 8.19. The summed E-state index contributed by atoms with van der Waals surface area (Å²) in [6, 6.07) is 8.76. The number of carbonyl (C=O) groups is 1. The number of nitriles is 1. The van der Waals surface area contributed by atoms with E-state index in [0.29, 0.717) is 23.9 Å². The Bertz CT molecular complexity index is 1420. The molecule has 10 nitrogen and oxygen atoms in total. The van der Waals surface area contributed by atoms with E-state index in [0.717, 1.165) is 23.0 Å². The molecule has 0 unspecified atom stereocenters. The number of hydrogen-bond acceptors (Lipinski definition) is 7. The van der Waals surface area contributed by atoms with Crippen LogP contribution in [0.15, 0.2) is 29.1 Å². The second-order valence-electron chi connectivity index (χ2n) is 9.89. The highest BCUT2D eigenvalue weighted by Crippen LogP contribution is 2.34. The first-order valence-electron chi connectivity index (χ1n) is 11.7. The number of halogens is 1. The first-order chi connectivity index (χ1) is 17.0. The maximum Gasteiger partial charge on any atom is 0.407 e. The third-order valence-corrected chi connectivity index (χ3v) is 6.44. The normalized spacial score (nSPS) is 16.1. The summed E-state index contributed by atoms with van der Waals surface area (Å²) in [5, 5.41) is 23.8. The fraction of sp³-hybridized carbons (Fsp3) is 0.440. The topological polar surface area (TPSA) is 125 Å². The molecule has 36 heavy (non-hydrogen) atoms. The number of anilines is 1. The van der Waals surface area contributed by atoms with Gasteiger partial charge in [0.15, 0.2) is 0 Å². The van der Waals surface area contributed by atoms with Crippen LogP contribution in [0, 0.1) is 11.3 Å². The zero-order valence-electron chi connectivity index (χ0n) is 20.7. The quantitative estimate of drug-likeness (QED) is 0.548. The number of piperidine rings is 1. The van der Waals surface area contributed by atoms with Crippen LogP contribution in [0.4, 0.5) is 10.6 Å². The van der Waals surface area contributed by atoms with Crippen LogP contribution < -0.4 is 15.8 Å². The predicted molar refractivity (Wildman–Crippen MR) is 137 cm³/mol. The van der Waals surface area contributed by atoms with Crippen LogP contribution in [0.5, 0.6) is 6.01 Å². The number of fused-ring (bicyclic) bond motifs is 1. The van der Waals surface area contributed by atoms with E-state index in [1.807, 2.05) is 23.1 Å². The van der Waals surface area contributed by atoms with E-state index in [1.165, 1.54) is 7.05 Å². The molecule has 1 atom stereocenters. The van der Waals surface area contributed by atoms with Gasteiger partial charge in [-0.25, -0.2) is 4.79 Å². The fourth-order valence-electron chi connectivity index (χ4n) is 4.49. The summed E-state index contributed by atoms with van der Waals surface area (Å²) in [6.45, 7) is 6.63. The SMILES string of the molecule is Cn1c(O)nc2c(C#N)c(N3CCC[C@@H](NC(=O)OC(C)(C)C)C3)n(Cc3ccccc3Cl)c2c1=O. The van der Waals surface area contributed by atoms with E-state index in [1.54, 1.807) is 31.4 Å². The Morgan fingerprint density at radius 1 is 1.36 bits per heavy atom. The van der Waals surface area contributed by atoms with Crippen molar-refractivity contribution in [2.75, 3.05) is 18.0 Å². The average molecular weight is 513 g/mol. The minimum Gasteiger partial charge on any atom is -0.480 e. The van der Waals surface area contributed by atoms with Crippen LogP contribution in [0.3, 0.4) is 0 Å². The zero-order chi connectivity index (χ0) is 26.2. The zero-order valence-corrected chi connectivity index (χ0v) is 21.5. The molecule has 1 aliphatic heterocycles. The number of rotatable bonds is 4. The summed E-state index contributed by atoms with van der Waals surface area (Å²) in [7, 11) is 1.42. The standard InChI is InChI=1S/C25H29ClN6O4/c1-25(2,3)36-24(35)28-16-9-7-11-31(14-16)21-17(12-27)19-20(22(33)30(4)23(34)29-19)32(21)13-15-8-5-6-10-18(15)26/h5-6,8,10,16H,7,9,11,13-14H2,1-4H3,(H,28,35)(H,29,34)/t16-/m1/s1. The molecule has 2 aromatic heterocycles. The Hall–Kier alpha value is -3.71. The first-order valence-corrected chi connectivity index (χ1v) is 12.1. The lowest BCUT2D eigenvalue weighted by Gasteiger charge is -2.35. The maximum atomic E-state index is 13.3. The molecule has 2 N–H and O–H groups in total. The number of hydrogen-bond donors (Lipinski definition) is 2. The maximum absolute atomic E-state index is 13.3. The van der Waals surface area contributed by atoms with Crippen molar-refractivity contribution in [3.05, 3.63) is 50.8 Å². The molecule has 4 rings (SSSR count). The summed E-state index contributed by atoms with van der Waals surface area (Å²) in [5.41, 5.74) is 0.168. The molecule has 1 saturated heterocycles. The van der Waals surface area contributed by atoms with Crippen LogP contribution in [0.1, 0.15) is 44.7 Å².